The van der Waals surface area contributed by atoms with E-state index >= 15 is 4.39 Å². The van der Waals surface area contributed by atoms with Crippen molar-refractivity contribution in [3.63, 3.8) is 0 Å². The monoisotopic (exact) mass is 287 g/mol. The summed E-state index contributed by atoms with van der Waals surface area (Å²) in [7, 11) is 0. The van der Waals surface area contributed by atoms with Gasteiger partial charge in [-0.25, -0.2) is 0 Å². The summed E-state index contributed by atoms with van der Waals surface area (Å²) < 4.78 is 16.5. The molecule has 2 aromatic rings. The molecular weight excluding hydrogens is 265 g/mol. The van der Waals surface area contributed by atoms with Crippen molar-refractivity contribution in [3.05, 3.63) is 46.1 Å². The van der Waals surface area contributed by atoms with E-state index in [1.54, 1.807) is 0 Å². The minimum Gasteiger partial charge on any atom is -0.281 e. The molecular formula is C18H22FNO. The number of hydrogen-bond donors (Lipinski definition) is 0. The zero-order chi connectivity index (χ0) is 15.1. The molecule has 0 saturated heterocycles. The molecule has 0 amide bonds. The number of nitrogens with zero attached hydrogens (tertiary/aromatic N) is 1. The van der Waals surface area contributed by atoms with Crippen LogP contribution in [0.2, 0.25) is 0 Å². The Labute approximate surface area is 124 Å². The van der Waals surface area contributed by atoms with Crippen molar-refractivity contribution in [1.82, 2.24) is 4.57 Å². The molecule has 0 N–H and O–H groups in total. The number of halogens is 1. The van der Waals surface area contributed by atoms with Crippen LogP contribution < -0.4 is 5.56 Å². The highest BCUT2D eigenvalue weighted by molar-refractivity contribution is 5.85. The van der Waals surface area contributed by atoms with Crippen molar-refractivity contribution in [2.75, 3.05) is 0 Å². The summed E-state index contributed by atoms with van der Waals surface area (Å²) in [5.74, 6) is 0.0873. The van der Waals surface area contributed by atoms with E-state index < -0.39 is 0 Å². The van der Waals surface area contributed by atoms with E-state index in [9.17, 15) is 4.79 Å². The highest BCUT2D eigenvalue weighted by Gasteiger charge is 2.30. The highest BCUT2D eigenvalue weighted by atomic mass is 19.1. The third-order valence-electron chi connectivity index (χ3n) is 4.83. The van der Waals surface area contributed by atoms with Crippen molar-refractivity contribution in [2.45, 2.75) is 52.0 Å². The van der Waals surface area contributed by atoms with Gasteiger partial charge >= 0.3 is 0 Å². The normalized spacial score (nSPS) is 22.3. The van der Waals surface area contributed by atoms with E-state index in [-0.39, 0.29) is 23.5 Å². The Hall–Kier alpha value is -1.64. The van der Waals surface area contributed by atoms with E-state index in [1.807, 2.05) is 38.1 Å². The number of aromatic nitrogens is 1. The van der Waals surface area contributed by atoms with Gasteiger partial charge in [-0.2, -0.15) is 4.39 Å². The molecule has 1 aromatic carbocycles. The second kappa shape index (κ2) is 5.28. The Kier molecular flexibility index (Phi) is 3.60. The number of hydrogen-bond acceptors (Lipinski definition) is 1. The van der Waals surface area contributed by atoms with Gasteiger partial charge in [0.1, 0.15) is 0 Å². The van der Waals surface area contributed by atoms with Crippen molar-refractivity contribution < 1.29 is 4.39 Å². The maximum Gasteiger partial charge on any atom is 0.260 e. The minimum absolute atomic E-state index is 0.000365. The number of pyridine rings is 1. The van der Waals surface area contributed by atoms with Gasteiger partial charge in [0, 0.05) is 17.0 Å². The van der Waals surface area contributed by atoms with Crippen molar-refractivity contribution in [2.24, 2.45) is 5.92 Å². The predicted molar refractivity (Wildman–Crippen MR) is 84.3 cm³/mol. The molecule has 0 aliphatic heterocycles. The Morgan fingerprint density at radius 2 is 1.86 bits per heavy atom. The van der Waals surface area contributed by atoms with Gasteiger partial charge in [-0.15, -0.1) is 0 Å². The molecule has 0 spiro atoms. The lowest BCUT2D eigenvalue weighted by molar-refractivity contribution is 0.339. The number of fused-ring (bicyclic) bond motifs is 1. The van der Waals surface area contributed by atoms with Crippen LogP contribution in [0.4, 0.5) is 4.39 Å². The molecule has 3 rings (SSSR count). The van der Waals surface area contributed by atoms with Crippen LogP contribution in [0.25, 0.3) is 10.8 Å². The first kappa shape index (κ1) is 14.3. The average Bonchev–Trinajstić information content (AvgIpc) is 2.85. The first-order valence-corrected chi connectivity index (χ1v) is 7.85. The second-order valence-corrected chi connectivity index (χ2v) is 6.56. The lowest BCUT2D eigenvalue weighted by atomic mass is 9.96. The summed E-state index contributed by atoms with van der Waals surface area (Å²) in [5.41, 5.74) is 0.496. The fourth-order valence-corrected chi connectivity index (χ4v) is 3.72. The van der Waals surface area contributed by atoms with Crippen LogP contribution in [-0.4, -0.2) is 4.57 Å². The van der Waals surface area contributed by atoms with Gasteiger partial charge in [-0.1, -0.05) is 45.4 Å². The van der Waals surface area contributed by atoms with Crippen LogP contribution in [0.1, 0.15) is 57.6 Å². The molecule has 2 nitrogen and oxygen atoms in total. The van der Waals surface area contributed by atoms with Gasteiger partial charge in [-0.3, -0.25) is 9.36 Å². The van der Waals surface area contributed by atoms with E-state index in [2.05, 4.69) is 6.92 Å². The van der Waals surface area contributed by atoms with E-state index in [4.69, 9.17) is 0 Å². The van der Waals surface area contributed by atoms with E-state index in [0.29, 0.717) is 16.9 Å². The van der Waals surface area contributed by atoms with Crippen molar-refractivity contribution >= 4 is 10.8 Å². The molecule has 0 radical (unpaired) electrons. The number of rotatable bonds is 2. The molecule has 2 atom stereocenters. The lowest BCUT2D eigenvalue weighted by Crippen LogP contribution is -2.30. The zero-order valence-electron chi connectivity index (χ0n) is 12.9. The Balaban J connectivity index is 2.37. The molecule has 112 valence electrons. The zero-order valence-corrected chi connectivity index (χ0v) is 12.9. The van der Waals surface area contributed by atoms with Crippen molar-refractivity contribution in [3.8, 4) is 0 Å². The summed E-state index contributed by atoms with van der Waals surface area (Å²) >= 11 is 0. The van der Waals surface area contributed by atoms with Gasteiger partial charge < -0.3 is 0 Å². The van der Waals surface area contributed by atoms with Gasteiger partial charge in [-0.05, 0) is 36.1 Å². The fourth-order valence-electron chi connectivity index (χ4n) is 3.72. The van der Waals surface area contributed by atoms with Crippen LogP contribution in [0.5, 0.6) is 0 Å². The molecule has 21 heavy (non-hydrogen) atoms. The second-order valence-electron chi connectivity index (χ2n) is 6.56. The molecule has 0 unspecified atom stereocenters. The van der Waals surface area contributed by atoms with Crippen LogP contribution in [0, 0.1) is 11.9 Å². The third kappa shape index (κ3) is 2.19. The molecule has 1 aromatic heterocycles. The van der Waals surface area contributed by atoms with Crippen LogP contribution in [0.3, 0.4) is 0 Å². The van der Waals surface area contributed by atoms with Crippen molar-refractivity contribution in [1.29, 1.82) is 0 Å². The predicted octanol–water partition coefficient (Wildman–Crippen LogP) is 4.63. The smallest absolute Gasteiger partial charge is 0.260 e. The maximum absolute atomic E-state index is 15.1. The highest BCUT2D eigenvalue weighted by Crippen LogP contribution is 2.37. The molecule has 0 bridgehead atoms. The molecule has 1 fully saturated rings. The average molecular weight is 287 g/mol. The first-order valence-electron chi connectivity index (χ1n) is 7.85. The molecule has 1 heterocycles. The number of benzene rings is 1. The summed E-state index contributed by atoms with van der Waals surface area (Å²) in [4.78, 5) is 12.8. The van der Waals surface area contributed by atoms with Crippen LogP contribution in [0.15, 0.2) is 29.1 Å². The fraction of sp³-hybridized carbons (Fsp3) is 0.500. The Bertz CT molecular complexity index is 732. The standard InChI is InChI=1S/C18H22FNO/c1-11(2)16-13-8-4-5-9-14(13)18(21)20(17(16)19)15-10-6-7-12(15)3/h4-5,8-9,11-12,15H,6-7,10H2,1-3H3/t12-,15-/m1/s1. The van der Waals surface area contributed by atoms with Crippen LogP contribution in [-0.2, 0) is 0 Å². The van der Waals surface area contributed by atoms with Gasteiger partial charge in [0.2, 0.25) is 5.95 Å². The molecule has 3 heteroatoms. The van der Waals surface area contributed by atoms with Crippen LogP contribution >= 0.6 is 0 Å². The quantitative estimate of drug-likeness (QED) is 0.738. The first-order chi connectivity index (χ1) is 10.0. The Morgan fingerprint density at radius 1 is 1.19 bits per heavy atom. The van der Waals surface area contributed by atoms with Gasteiger partial charge in [0.05, 0.1) is 0 Å². The topological polar surface area (TPSA) is 22.0 Å². The molecule has 1 aliphatic carbocycles. The third-order valence-corrected chi connectivity index (χ3v) is 4.83. The minimum atomic E-state index is -0.326. The summed E-state index contributed by atoms with van der Waals surface area (Å²) in [6.07, 6.45) is 3.04. The Morgan fingerprint density at radius 3 is 2.43 bits per heavy atom. The van der Waals surface area contributed by atoms with Gasteiger partial charge in [0.25, 0.3) is 5.56 Å². The maximum atomic E-state index is 15.1. The lowest BCUT2D eigenvalue weighted by Gasteiger charge is -2.23. The summed E-state index contributed by atoms with van der Waals surface area (Å²) in [6.45, 7) is 6.09. The van der Waals surface area contributed by atoms with E-state index in [1.165, 1.54) is 4.57 Å². The largest absolute Gasteiger partial charge is 0.281 e. The SMILES string of the molecule is CC(C)c1c(F)n([C@@H]2CCC[C@H]2C)c(=O)c2ccccc12. The summed E-state index contributed by atoms with van der Waals surface area (Å²) in [5, 5.41) is 1.40. The molecule has 1 aliphatic rings. The molecule has 1 saturated carbocycles. The van der Waals surface area contributed by atoms with E-state index in [0.717, 1.165) is 24.6 Å². The van der Waals surface area contributed by atoms with Gasteiger partial charge in [0.15, 0.2) is 0 Å². The summed E-state index contributed by atoms with van der Waals surface area (Å²) in [6, 6.07) is 7.40.